The van der Waals surface area contributed by atoms with E-state index in [1.54, 1.807) is 0 Å². The number of hydrogen-bond acceptors (Lipinski definition) is 6. The highest BCUT2D eigenvalue weighted by Crippen LogP contribution is 2.31. The summed E-state index contributed by atoms with van der Waals surface area (Å²) < 4.78 is 37.3. The predicted molar refractivity (Wildman–Crippen MR) is 127 cm³/mol. The number of nitrogens with one attached hydrogen (secondary N) is 2. The molecule has 1 saturated heterocycles. The first kappa shape index (κ1) is 27.2. The van der Waals surface area contributed by atoms with E-state index in [4.69, 9.17) is 4.74 Å². The molecule has 1 aliphatic heterocycles. The van der Waals surface area contributed by atoms with Gasteiger partial charge in [0.1, 0.15) is 23.2 Å². The number of carboxylic acids is 1. The molecule has 0 unspecified atom stereocenters. The number of anilines is 1. The fraction of sp³-hybridized carbons (Fsp3) is 0.450. The van der Waals surface area contributed by atoms with Gasteiger partial charge in [-0.05, 0) is 69.0 Å². The molecule has 0 aliphatic carbocycles. The monoisotopic (exact) mass is 568 g/mol. The second-order valence-corrected chi connectivity index (χ2v) is 8.96. The molecule has 8 nitrogen and oxygen atoms in total. The topological polar surface area (TPSA) is 104 Å². The molecule has 182 valence electrons. The van der Waals surface area contributed by atoms with Crippen LogP contribution in [0.4, 0.5) is 18.6 Å². The number of urea groups is 1. The number of hydrogen-bond donors (Lipinski definition) is 3. The molecule has 3 rings (SSSR count). The lowest BCUT2D eigenvalue weighted by Gasteiger charge is -2.14. The van der Waals surface area contributed by atoms with Gasteiger partial charge in [-0.2, -0.15) is 4.37 Å². The smallest absolute Gasteiger partial charge is 0.344 e. The number of aromatic nitrogens is 1. The van der Waals surface area contributed by atoms with Crippen LogP contribution in [-0.4, -0.2) is 52.6 Å². The zero-order valence-electron chi connectivity index (χ0n) is 17.5. The van der Waals surface area contributed by atoms with Gasteiger partial charge in [-0.1, -0.05) is 15.9 Å². The molecule has 1 fully saturated rings. The van der Waals surface area contributed by atoms with Gasteiger partial charge in [-0.3, -0.25) is 5.32 Å². The number of aromatic carboxylic acids is 1. The maximum Gasteiger partial charge on any atom is 0.344 e. The van der Waals surface area contributed by atoms with Gasteiger partial charge in [0, 0.05) is 11.0 Å². The largest absolute Gasteiger partial charge is 0.477 e. The average molecular weight is 570 g/mol. The van der Waals surface area contributed by atoms with Gasteiger partial charge in [-0.25, -0.2) is 18.4 Å². The summed E-state index contributed by atoms with van der Waals surface area (Å²) >= 11 is 3.69. The summed E-state index contributed by atoms with van der Waals surface area (Å²) in [5.74, 6) is -3.39. The lowest BCUT2D eigenvalue weighted by Crippen LogP contribution is -2.30. The number of benzene rings is 1. The molecule has 2 aromatic rings. The summed E-state index contributed by atoms with van der Waals surface area (Å²) in [6.45, 7) is 3.15. The molecule has 1 aromatic carbocycles. The highest BCUT2D eigenvalue weighted by Gasteiger charge is 2.24. The van der Waals surface area contributed by atoms with Gasteiger partial charge < -0.3 is 20.1 Å². The summed E-state index contributed by atoms with van der Waals surface area (Å²) in [6.07, 6.45) is 4.24. The number of carbonyl (C=O) groups excluding carboxylic acids is 1. The van der Waals surface area contributed by atoms with E-state index in [2.05, 4.69) is 35.8 Å². The van der Waals surface area contributed by atoms with Crippen LogP contribution in [0.5, 0.6) is 5.88 Å². The van der Waals surface area contributed by atoms with Gasteiger partial charge >= 0.3 is 12.0 Å². The van der Waals surface area contributed by atoms with E-state index in [1.165, 1.54) is 12.8 Å². The zero-order valence-corrected chi connectivity index (χ0v) is 20.8. The van der Waals surface area contributed by atoms with Gasteiger partial charge in [0.15, 0.2) is 5.56 Å². The summed E-state index contributed by atoms with van der Waals surface area (Å²) in [4.78, 5) is 26.2. The lowest BCUT2D eigenvalue weighted by molar-refractivity contribution is 0.0693. The van der Waals surface area contributed by atoms with Crippen LogP contribution < -0.4 is 15.4 Å². The third-order valence-corrected chi connectivity index (χ3v) is 6.15. The fourth-order valence-corrected chi connectivity index (χ4v) is 4.44. The van der Waals surface area contributed by atoms with Crippen molar-refractivity contribution in [3.63, 3.8) is 0 Å². The van der Waals surface area contributed by atoms with Crippen LogP contribution in [0, 0.1) is 11.6 Å². The Kier molecular flexibility index (Phi) is 10.7. The minimum absolute atomic E-state index is 0. The second kappa shape index (κ2) is 13.0. The summed E-state index contributed by atoms with van der Waals surface area (Å²) in [5.41, 5.74) is -0.740. The highest BCUT2D eigenvalue weighted by atomic mass is 79.9. The van der Waals surface area contributed by atoms with E-state index >= 15 is 0 Å². The van der Waals surface area contributed by atoms with E-state index in [0.717, 1.165) is 44.6 Å². The van der Waals surface area contributed by atoms with Crippen molar-refractivity contribution in [1.29, 1.82) is 0 Å². The number of amides is 2. The standard InChI is InChI=1S/C20H23BrF2N4O4S.ClH/c21-12-9-14(22)13(15(23)10-12)11-31-17-16(19(28)29)18(32-26-17)25-20(30)24-5-1-2-6-27-7-3-4-8-27;/h9-10H,1-8,11H2,(H,28,29)(H2,24,25,30);1H. The number of carboxylic acid groups (broad SMARTS) is 1. The van der Waals surface area contributed by atoms with Crippen molar-refractivity contribution in [1.82, 2.24) is 14.6 Å². The SMILES string of the molecule is Cl.O=C(NCCCCN1CCCC1)Nc1snc(OCc2c(F)cc(Br)cc2F)c1C(=O)O. The quantitative estimate of drug-likeness (QED) is 0.353. The lowest BCUT2D eigenvalue weighted by atomic mass is 10.2. The van der Waals surface area contributed by atoms with E-state index in [-0.39, 0.29) is 38.9 Å². The number of halogens is 4. The second-order valence-electron chi connectivity index (χ2n) is 7.27. The third kappa shape index (κ3) is 7.76. The summed E-state index contributed by atoms with van der Waals surface area (Å²) in [7, 11) is 0. The van der Waals surface area contributed by atoms with E-state index < -0.39 is 30.2 Å². The van der Waals surface area contributed by atoms with E-state index in [1.807, 2.05) is 0 Å². The van der Waals surface area contributed by atoms with Crippen molar-refractivity contribution in [2.45, 2.75) is 32.3 Å². The van der Waals surface area contributed by atoms with Crippen LogP contribution in [0.1, 0.15) is 41.6 Å². The summed E-state index contributed by atoms with van der Waals surface area (Å²) in [6, 6.07) is 1.58. The molecule has 0 saturated carbocycles. The maximum absolute atomic E-state index is 14.0. The van der Waals surface area contributed by atoms with Crippen molar-refractivity contribution in [2.75, 3.05) is 31.5 Å². The van der Waals surface area contributed by atoms with Gasteiger partial charge in [-0.15, -0.1) is 12.4 Å². The number of rotatable bonds is 10. The zero-order chi connectivity index (χ0) is 23.1. The minimum Gasteiger partial charge on any atom is -0.477 e. The Bertz CT molecular complexity index is 953. The van der Waals surface area contributed by atoms with Crippen LogP contribution in [0.25, 0.3) is 0 Å². The van der Waals surface area contributed by atoms with Crippen LogP contribution in [0.2, 0.25) is 0 Å². The number of likely N-dealkylation sites (tertiary alicyclic amines) is 1. The van der Waals surface area contributed by atoms with Crippen molar-refractivity contribution >= 4 is 56.9 Å². The van der Waals surface area contributed by atoms with Crippen LogP contribution in [0.3, 0.4) is 0 Å². The molecule has 13 heteroatoms. The molecule has 1 aliphatic rings. The van der Waals surface area contributed by atoms with Crippen molar-refractivity contribution < 1.29 is 28.2 Å². The molecule has 3 N–H and O–H groups in total. The van der Waals surface area contributed by atoms with Gasteiger partial charge in [0.2, 0.25) is 5.88 Å². The van der Waals surface area contributed by atoms with E-state index in [0.29, 0.717) is 18.1 Å². The van der Waals surface area contributed by atoms with Gasteiger partial charge in [0.05, 0.1) is 5.56 Å². The Labute approximate surface area is 208 Å². The average Bonchev–Trinajstić information content (AvgIpc) is 3.37. The van der Waals surface area contributed by atoms with Crippen LogP contribution >= 0.6 is 39.9 Å². The van der Waals surface area contributed by atoms with Crippen molar-refractivity contribution in [3.05, 3.63) is 39.4 Å². The van der Waals surface area contributed by atoms with Crippen molar-refractivity contribution in [2.24, 2.45) is 0 Å². The molecule has 2 heterocycles. The van der Waals surface area contributed by atoms with Crippen LogP contribution in [0.15, 0.2) is 16.6 Å². The third-order valence-electron chi connectivity index (χ3n) is 4.95. The molecular formula is C20H24BrClF2N4O4S. The molecule has 0 atom stereocenters. The molecular weight excluding hydrogens is 546 g/mol. The van der Waals surface area contributed by atoms with Crippen molar-refractivity contribution in [3.8, 4) is 5.88 Å². The molecule has 0 radical (unpaired) electrons. The first-order chi connectivity index (χ1) is 15.3. The molecule has 0 bridgehead atoms. The number of ether oxygens (including phenoxy) is 1. The Hall–Kier alpha value is -2.02. The Morgan fingerprint density at radius 2 is 1.88 bits per heavy atom. The number of unbranched alkanes of at least 4 members (excludes halogenated alkanes) is 1. The number of carbonyl (C=O) groups is 2. The predicted octanol–water partition coefficient (Wildman–Crippen LogP) is 4.88. The first-order valence-corrected chi connectivity index (χ1v) is 11.7. The summed E-state index contributed by atoms with van der Waals surface area (Å²) in [5, 5.41) is 14.6. The number of nitrogens with zero attached hydrogens (tertiary/aromatic N) is 2. The van der Waals surface area contributed by atoms with Crippen LogP contribution in [-0.2, 0) is 6.61 Å². The van der Waals surface area contributed by atoms with E-state index in [9.17, 15) is 23.5 Å². The molecule has 1 aromatic heterocycles. The van der Waals surface area contributed by atoms with Gasteiger partial charge in [0.25, 0.3) is 0 Å². The Balaban J connectivity index is 0.00000385. The highest BCUT2D eigenvalue weighted by molar-refractivity contribution is 9.10. The first-order valence-electron chi connectivity index (χ1n) is 10.1. The maximum atomic E-state index is 14.0. The molecule has 33 heavy (non-hydrogen) atoms. The Morgan fingerprint density at radius 3 is 2.52 bits per heavy atom. The fourth-order valence-electron chi connectivity index (χ4n) is 3.31. The normalized spacial score (nSPS) is 13.4. The minimum atomic E-state index is -1.38. The molecule has 0 spiro atoms. The Morgan fingerprint density at radius 1 is 1.21 bits per heavy atom. The molecule has 2 amide bonds.